The number of nitrogens with one attached hydrogen (secondary N) is 1. The fourth-order valence-electron chi connectivity index (χ4n) is 6.51. The van der Waals surface area contributed by atoms with Crippen molar-refractivity contribution in [1.82, 2.24) is 14.2 Å². The van der Waals surface area contributed by atoms with Crippen LogP contribution in [0.25, 0.3) is 10.2 Å². The Morgan fingerprint density at radius 1 is 1.11 bits per heavy atom. The highest BCUT2D eigenvalue weighted by Crippen LogP contribution is 2.36. The van der Waals surface area contributed by atoms with Gasteiger partial charge in [-0.3, -0.25) is 4.90 Å². The van der Waals surface area contributed by atoms with Crippen molar-refractivity contribution < 1.29 is 37.6 Å². The van der Waals surface area contributed by atoms with E-state index in [1.54, 1.807) is 31.4 Å². The summed E-state index contributed by atoms with van der Waals surface area (Å²) in [6.45, 7) is 8.44. The number of aliphatic hydroxyl groups excluding tert-OH is 1. The number of benzene rings is 2. The molecule has 2 aromatic carbocycles. The van der Waals surface area contributed by atoms with Crippen molar-refractivity contribution in [2.24, 2.45) is 11.8 Å². The van der Waals surface area contributed by atoms with Crippen LogP contribution in [0.15, 0.2) is 47.4 Å². The van der Waals surface area contributed by atoms with E-state index in [-0.39, 0.29) is 42.3 Å². The first-order valence-corrected chi connectivity index (χ1v) is 18.4. The summed E-state index contributed by atoms with van der Waals surface area (Å²) < 4.78 is 47.5. The van der Waals surface area contributed by atoms with Crippen molar-refractivity contribution in [3.8, 4) is 5.75 Å². The van der Waals surface area contributed by atoms with E-state index in [2.05, 4.69) is 10.3 Å². The molecule has 3 N–H and O–H groups in total. The van der Waals surface area contributed by atoms with Crippen LogP contribution in [0, 0.1) is 11.8 Å². The number of aromatic nitrogens is 1. The van der Waals surface area contributed by atoms with Crippen LogP contribution in [0.1, 0.15) is 46.1 Å². The molecule has 5 atom stereocenters. The molecule has 3 aromatic rings. The van der Waals surface area contributed by atoms with Gasteiger partial charge < -0.3 is 29.7 Å². The summed E-state index contributed by atoms with van der Waals surface area (Å²) in [4.78, 5) is 19.1. The Labute approximate surface area is 280 Å². The number of nitrogens with zero attached hydrogens (tertiary/aromatic N) is 3. The van der Waals surface area contributed by atoms with Gasteiger partial charge in [0.05, 0.1) is 47.6 Å². The number of ether oxygens (including phenoxy) is 3. The second-order valence-electron chi connectivity index (χ2n) is 13.0. The van der Waals surface area contributed by atoms with Gasteiger partial charge in [0.15, 0.2) is 11.4 Å². The Kier molecular flexibility index (Phi) is 11.3. The van der Waals surface area contributed by atoms with Crippen molar-refractivity contribution in [3.63, 3.8) is 0 Å². The molecular formula is C33H46N4O8S2. The summed E-state index contributed by atoms with van der Waals surface area (Å²) in [5.41, 5.74) is 1.44. The van der Waals surface area contributed by atoms with Gasteiger partial charge in [-0.15, -0.1) is 0 Å². The van der Waals surface area contributed by atoms with Gasteiger partial charge in [-0.25, -0.2) is 18.2 Å². The SMILES string of the molecule is COc1cccc(CC([C@H](O)CN(CC(C)C)S(=O)(=O)c2ccc3nc(NC(C)C)sc3c2)N(C(=O)O)C2CCOC3OCCC32)c1. The molecule has 0 saturated carbocycles. The molecule has 5 rings (SSSR count). The Morgan fingerprint density at radius 3 is 2.53 bits per heavy atom. The van der Waals surface area contributed by atoms with Crippen LogP contribution in [0.2, 0.25) is 0 Å². The fraction of sp³-hybridized carbons (Fsp3) is 0.576. The first kappa shape index (κ1) is 35.3. The predicted molar refractivity (Wildman–Crippen MR) is 181 cm³/mol. The third-order valence-corrected chi connectivity index (χ3v) is 11.4. The van der Waals surface area contributed by atoms with Crippen LogP contribution in [0.3, 0.4) is 0 Å². The molecule has 0 spiro atoms. The molecule has 1 aromatic heterocycles. The number of amides is 1. The van der Waals surface area contributed by atoms with Crippen LogP contribution in [0.5, 0.6) is 5.75 Å². The lowest BCUT2D eigenvalue weighted by Gasteiger charge is -2.44. The Hall–Kier alpha value is -3.01. The maximum atomic E-state index is 14.3. The average molecular weight is 691 g/mol. The number of anilines is 1. The quantitative estimate of drug-likeness (QED) is 0.214. The fourth-order valence-corrected chi connectivity index (χ4v) is 9.29. The number of hydrogen-bond acceptors (Lipinski definition) is 10. The number of methoxy groups -OCH3 is 1. The van der Waals surface area contributed by atoms with E-state index in [0.717, 1.165) is 10.3 Å². The minimum atomic E-state index is -4.09. The number of fused-ring (bicyclic) bond motifs is 2. The zero-order chi connectivity index (χ0) is 33.9. The summed E-state index contributed by atoms with van der Waals surface area (Å²) in [6, 6.07) is 10.8. The van der Waals surface area contributed by atoms with Gasteiger partial charge in [-0.1, -0.05) is 37.3 Å². The third-order valence-electron chi connectivity index (χ3n) is 8.60. The lowest BCUT2D eigenvalue weighted by atomic mass is 9.88. The molecule has 3 heterocycles. The summed E-state index contributed by atoms with van der Waals surface area (Å²) in [7, 11) is -2.54. The lowest BCUT2D eigenvalue weighted by Crippen LogP contribution is -2.59. The van der Waals surface area contributed by atoms with Gasteiger partial charge in [0, 0.05) is 31.1 Å². The molecule has 0 aliphatic carbocycles. The summed E-state index contributed by atoms with van der Waals surface area (Å²) in [5, 5.41) is 26.7. The van der Waals surface area contributed by atoms with E-state index in [9.17, 15) is 23.4 Å². The van der Waals surface area contributed by atoms with Gasteiger partial charge >= 0.3 is 6.09 Å². The first-order chi connectivity index (χ1) is 22.4. The maximum Gasteiger partial charge on any atom is 0.407 e. The standard InChI is InChI=1S/C33H46N4O8S2/c1-20(2)18-36(47(41,42)24-9-10-26-30(17-24)46-32(35-26)34-21(3)4)19-29(38)28(16-22-7-6-8-23(15-22)43-5)37(33(39)40)27-12-14-45-31-25(27)11-13-44-31/h6-10,15,17,20-21,25,27-29,31,38H,11-14,16,18-19H2,1-5H3,(H,34,35)(H,39,40)/t25?,27?,28?,29-,31?/m1/s1. The van der Waals surface area contributed by atoms with Crippen molar-refractivity contribution in [3.05, 3.63) is 48.0 Å². The monoisotopic (exact) mass is 690 g/mol. The zero-order valence-corrected chi connectivity index (χ0v) is 29.2. The van der Waals surface area contributed by atoms with E-state index in [0.29, 0.717) is 42.5 Å². The second-order valence-corrected chi connectivity index (χ2v) is 15.9. The third kappa shape index (κ3) is 8.18. The van der Waals surface area contributed by atoms with Crippen LogP contribution in [0.4, 0.5) is 9.93 Å². The van der Waals surface area contributed by atoms with E-state index < -0.39 is 40.6 Å². The molecule has 0 radical (unpaired) electrons. The molecule has 2 aliphatic heterocycles. The van der Waals surface area contributed by atoms with E-state index >= 15 is 0 Å². The maximum absolute atomic E-state index is 14.3. The summed E-state index contributed by atoms with van der Waals surface area (Å²) >= 11 is 1.38. The highest BCUT2D eigenvalue weighted by atomic mass is 32.2. The highest BCUT2D eigenvalue weighted by molar-refractivity contribution is 7.89. The smallest absolute Gasteiger partial charge is 0.407 e. The van der Waals surface area contributed by atoms with E-state index in [4.69, 9.17) is 14.2 Å². The van der Waals surface area contributed by atoms with Crippen molar-refractivity contribution in [2.45, 2.75) is 82.4 Å². The molecule has 12 nitrogen and oxygen atoms in total. The van der Waals surface area contributed by atoms with Crippen molar-refractivity contribution in [2.75, 3.05) is 38.7 Å². The van der Waals surface area contributed by atoms with Gasteiger partial charge in [-0.05, 0) is 74.9 Å². The average Bonchev–Trinajstić information content (AvgIpc) is 3.66. The Balaban J connectivity index is 1.49. The molecule has 14 heteroatoms. The number of aliphatic hydroxyl groups is 1. The zero-order valence-electron chi connectivity index (χ0n) is 27.5. The highest BCUT2D eigenvalue weighted by Gasteiger charge is 2.47. The minimum absolute atomic E-state index is 0.0646. The van der Waals surface area contributed by atoms with Crippen LogP contribution in [-0.2, 0) is 25.9 Å². The van der Waals surface area contributed by atoms with Crippen molar-refractivity contribution in [1.29, 1.82) is 0 Å². The number of hydrogen-bond donors (Lipinski definition) is 3. The molecule has 1 amide bonds. The van der Waals surface area contributed by atoms with Crippen LogP contribution >= 0.6 is 11.3 Å². The molecule has 2 fully saturated rings. The van der Waals surface area contributed by atoms with Gasteiger partial charge in [0.25, 0.3) is 0 Å². The van der Waals surface area contributed by atoms with Crippen LogP contribution < -0.4 is 10.1 Å². The first-order valence-electron chi connectivity index (χ1n) is 16.1. The molecule has 0 bridgehead atoms. The summed E-state index contributed by atoms with van der Waals surface area (Å²) in [5.74, 6) is 0.337. The minimum Gasteiger partial charge on any atom is -0.497 e. The van der Waals surface area contributed by atoms with Gasteiger partial charge in [0.1, 0.15) is 5.75 Å². The molecule has 4 unspecified atom stereocenters. The Morgan fingerprint density at radius 2 is 1.85 bits per heavy atom. The van der Waals surface area contributed by atoms with Gasteiger partial charge in [0.2, 0.25) is 10.0 Å². The Bertz CT molecular complexity index is 1630. The largest absolute Gasteiger partial charge is 0.497 e. The number of sulfonamides is 1. The number of thiazole rings is 1. The number of carbonyl (C=O) groups is 1. The number of carboxylic acid groups (broad SMARTS) is 1. The molecule has 2 aliphatic rings. The van der Waals surface area contributed by atoms with Crippen molar-refractivity contribution >= 4 is 42.8 Å². The lowest BCUT2D eigenvalue weighted by molar-refractivity contribution is -0.172. The van der Waals surface area contributed by atoms with Crippen LogP contribution in [-0.4, -0.2) is 103 Å². The van der Waals surface area contributed by atoms with Gasteiger partial charge in [-0.2, -0.15) is 4.31 Å². The number of rotatable bonds is 14. The molecule has 2 saturated heterocycles. The normalized spacial score (nSPS) is 21.3. The molecule has 258 valence electrons. The predicted octanol–water partition coefficient (Wildman–Crippen LogP) is 4.88. The van der Waals surface area contributed by atoms with E-state index in [1.807, 2.05) is 39.8 Å². The molecular weight excluding hydrogens is 645 g/mol. The molecule has 47 heavy (non-hydrogen) atoms. The second kappa shape index (κ2) is 15.0. The summed E-state index contributed by atoms with van der Waals surface area (Å²) in [6.07, 6.45) is -1.84. The van der Waals surface area contributed by atoms with E-state index in [1.165, 1.54) is 26.6 Å². The topological polar surface area (TPSA) is 151 Å².